The SMILES string of the molecule is CCc1cccc2c(C(C)=O)cn(Cc3ccc(Cl)cc3)c12. The number of nitrogens with zero attached hydrogens (tertiary/aromatic N) is 1. The third kappa shape index (κ3) is 2.67. The van der Waals surface area contributed by atoms with Crippen molar-refractivity contribution >= 4 is 28.3 Å². The molecule has 1 heterocycles. The fourth-order valence-electron chi connectivity index (χ4n) is 2.91. The minimum absolute atomic E-state index is 0.105. The van der Waals surface area contributed by atoms with Crippen molar-refractivity contribution in [1.29, 1.82) is 0 Å². The number of Topliss-reactive ketones (excluding diaryl/α,β-unsaturated/α-hetero) is 1. The molecule has 22 heavy (non-hydrogen) atoms. The lowest BCUT2D eigenvalue weighted by Gasteiger charge is -2.09. The van der Waals surface area contributed by atoms with Gasteiger partial charge in [-0.25, -0.2) is 0 Å². The third-order valence-corrected chi connectivity index (χ3v) is 4.26. The molecule has 0 aliphatic rings. The number of fused-ring (bicyclic) bond motifs is 1. The Morgan fingerprint density at radius 2 is 1.86 bits per heavy atom. The molecule has 0 spiro atoms. The quantitative estimate of drug-likeness (QED) is 0.614. The van der Waals surface area contributed by atoms with Gasteiger partial charge in [0.25, 0.3) is 0 Å². The van der Waals surface area contributed by atoms with Crippen LogP contribution in [-0.4, -0.2) is 10.4 Å². The van der Waals surface area contributed by atoms with E-state index in [1.807, 2.05) is 42.6 Å². The normalized spacial score (nSPS) is 11.0. The zero-order valence-electron chi connectivity index (χ0n) is 12.8. The maximum absolute atomic E-state index is 11.9. The molecule has 0 unspecified atom stereocenters. The molecular weight excluding hydrogens is 294 g/mol. The Balaban J connectivity index is 2.15. The number of para-hydroxylation sites is 1. The van der Waals surface area contributed by atoms with Crippen LogP contribution in [0, 0.1) is 0 Å². The van der Waals surface area contributed by atoms with Gasteiger partial charge in [-0.2, -0.15) is 0 Å². The smallest absolute Gasteiger partial charge is 0.161 e. The van der Waals surface area contributed by atoms with E-state index >= 15 is 0 Å². The summed E-state index contributed by atoms with van der Waals surface area (Å²) in [6.07, 6.45) is 2.92. The average Bonchev–Trinajstić information content (AvgIpc) is 2.88. The van der Waals surface area contributed by atoms with Crippen molar-refractivity contribution in [3.05, 3.63) is 70.4 Å². The molecule has 3 heteroatoms. The van der Waals surface area contributed by atoms with Gasteiger partial charge in [0.1, 0.15) is 0 Å². The van der Waals surface area contributed by atoms with Crippen LogP contribution in [0.2, 0.25) is 5.02 Å². The molecule has 2 aromatic carbocycles. The predicted octanol–water partition coefficient (Wildman–Crippen LogP) is 5.11. The fourth-order valence-corrected chi connectivity index (χ4v) is 3.04. The van der Waals surface area contributed by atoms with E-state index in [0.29, 0.717) is 0 Å². The molecule has 2 nitrogen and oxygen atoms in total. The van der Waals surface area contributed by atoms with Crippen LogP contribution in [0.1, 0.15) is 35.3 Å². The Labute approximate surface area is 135 Å². The van der Waals surface area contributed by atoms with Gasteiger partial charge in [0, 0.05) is 28.7 Å². The highest BCUT2D eigenvalue weighted by Crippen LogP contribution is 2.27. The number of carbonyl (C=O) groups excluding carboxylic acids is 1. The summed E-state index contributed by atoms with van der Waals surface area (Å²) in [6.45, 7) is 4.50. The summed E-state index contributed by atoms with van der Waals surface area (Å²) in [6, 6.07) is 14.0. The molecular formula is C19H18ClNO. The van der Waals surface area contributed by atoms with Crippen molar-refractivity contribution < 1.29 is 4.79 Å². The minimum Gasteiger partial charge on any atom is -0.342 e. The zero-order chi connectivity index (χ0) is 15.7. The molecule has 0 bridgehead atoms. The van der Waals surface area contributed by atoms with Crippen molar-refractivity contribution in [1.82, 2.24) is 4.57 Å². The maximum Gasteiger partial charge on any atom is 0.161 e. The van der Waals surface area contributed by atoms with Crippen molar-refractivity contribution in [2.24, 2.45) is 0 Å². The topological polar surface area (TPSA) is 22.0 Å². The second-order valence-corrected chi connectivity index (χ2v) is 5.96. The molecule has 0 aliphatic carbocycles. The van der Waals surface area contributed by atoms with E-state index in [9.17, 15) is 4.79 Å². The summed E-state index contributed by atoms with van der Waals surface area (Å²) in [7, 11) is 0. The van der Waals surface area contributed by atoms with Crippen LogP contribution in [0.3, 0.4) is 0 Å². The number of aromatic nitrogens is 1. The van der Waals surface area contributed by atoms with Gasteiger partial charge >= 0.3 is 0 Å². The van der Waals surface area contributed by atoms with E-state index in [-0.39, 0.29) is 5.78 Å². The summed E-state index contributed by atoms with van der Waals surface area (Å²) in [5, 5.41) is 1.78. The highest BCUT2D eigenvalue weighted by Gasteiger charge is 2.14. The van der Waals surface area contributed by atoms with Crippen molar-refractivity contribution in [3.8, 4) is 0 Å². The van der Waals surface area contributed by atoms with Crippen LogP contribution >= 0.6 is 11.6 Å². The molecule has 0 radical (unpaired) electrons. The van der Waals surface area contributed by atoms with Crippen molar-refractivity contribution in [2.75, 3.05) is 0 Å². The Morgan fingerprint density at radius 3 is 2.50 bits per heavy atom. The van der Waals surface area contributed by atoms with E-state index < -0.39 is 0 Å². The second kappa shape index (κ2) is 5.98. The molecule has 0 N–H and O–H groups in total. The Bertz CT molecular complexity index is 831. The highest BCUT2D eigenvalue weighted by molar-refractivity contribution is 6.30. The van der Waals surface area contributed by atoms with Crippen LogP contribution in [0.15, 0.2) is 48.7 Å². The first-order valence-electron chi connectivity index (χ1n) is 7.46. The van der Waals surface area contributed by atoms with Gasteiger partial charge in [0.2, 0.25) is 0 Å². The van der Waals surface area contributed by atoms with Gasteiger partial charge < -0.3 is 4.57 Å². The Hall–Kier alpha value is -2.06. The van der Waals surface area contributed by atoms with Crippen LogP contribution in [0.4, 0.5) is 0 Å². The van der Waals surface area contributed by atoms with Crippen molar-refractivity contribution in [3.63, 3.8) is 0 Å². The number of carbonyl (C=O) groups is 1. The molecule has 0 atom stereocenters. The number of hydrogen-bond donors (Lipinski definition) is 0. The molecule has 0 saturated carbocycles. The van der Waals surface area contributed by atoms with Crippen molar-refractivity contribution in [2.45, 2.75) is 26.8 Å². The zero-order valence-corrected chi connectivity index (χ0v) is 13.5. The highest BCUT2D eigenvalue weighted by atomic mass is 35.5. The monoisotopic (exact) mass is 311 g/mol. The van der Waals surface area contributed by atoms with Gasteiger partial charge in [-0.3, -0.25) is 4.79 Å². The van der Waals surface area contributed by atoms with Crippen LogP contribution in [0.25, 0.3) is 10.9 Å². The second-order valence-electron chi connectivity index (χ2n) is 5.52. The molecule has 0 fully saturated rings. The summed E-state index contributed by atoms with van der Waals surface area (Å²) >= 11 is 5.95. The maximum atomic E-state index is 11.9. The van der Waals surface area contributed by atoms with Gasteiger partial charge in [0.05, 0.1) is 5.52 Å². The number of benzene rings is 2. The summed E-state index contributed by atoms with van der Waals surface area (Å²) in [4.78, 5) is 11.9. The molecule has 3 aromatic rings. The van der Waals surface area contributed by atoms with Crippen LogP contribution in [0.5, 0.6) is 0 Å². The van der Waals surface area contributed by atoms with E-state index in [4.69, 9.17) is 11.6 Å². The number of aryl methyl sites for hydroxylation is 1. The number of ketones is 1. The lowest BCUT2D eigenvalue weighted by atomic mass is 10.1. The fraction of sp³-hybridized carbons (Fsp3) is 0.211. The molecule has 0 saturated heterocycles. The molecule has 0 amide bonds. The van der Waals surface area contributed by atoms with Gasteiger partial charge in [-0.05, 0) is 36.6 Å². The van der Waals surface area contributed by atoms with Gasteiger partial charge in [-0.15, -0.1) is 0 Å². The summed E-state index contributed by atoms with van der Waals surface area (Å²) < 4.78 is 2.17. The first kappa shape index (κ1) is 14.9. The molecule has 0 aliphatic heterocycles. The number of halogens is 1. The molecule has 3 rings (SSSR count). The largest absolute Gasteiger partial charge is 0.342 e. The van der Waals surface area contributed by atoms with E-state index in [1.54, 1.807) is 6.92 Å². The first-order chi connectivity index (χ1) is 10.6. The van der Waals surface area contributed by atoms with E-state index in [0.717, 1.165) is 34.5 Å². The standard InChI is InChI=1S/C19H18ClNO/c1-3-15-5-4-6-17-18(13(2)22)12-21(19(15)17)11-14-7-9-16(20)10-8-14/h4-10,12H,3,11H2,1-2H3. The lowest BCUT2D eigenvalue weighted by molar-refractivity contribution is 0.101. The summed E-state index contributed by atoms with van der Waals surface area (Å²) in [5.41, 5.74) is 4.38. The lowest BCUT2D eigenvalue weighted by Crippen LogP contribution is -2.00. The molecule has 1 aromatic heterocycles. The predicted molar refractivity (Wildman–Crippen MR) is 91.9 cm³/mol. The third-order valence-electron chi connectivity index (χ3n) is 4.01. The van der Waals surface area contributed by atoms with Crippen LogP contribution < -0.4 is 0 Å². The Kier molecular flexibility index (Phi) is 4.04. The average molecular weight is 312 g/mol. The minimum atomic E-state index is 0.105. The first-order valence-corrected chi connectivity index (χ1v) is 7.84. The number of hydrogen-bond acceptors (Lipinski definition) is 1. The van der Waals surface area contributed by atoms with E-state index in [1.165, 1.54) is 11.1 Å². The number of rotatable bonds is 4. The summed E-state index contributed by atoms with van der Waals surface area (Å²) in [5.74, 6) is 0.105. The van der Waals surface area contributed by atoms with Crippen LogP contribution in [-0.2, 0) is 13.0 Å². The molecule has 112 valence electrons. The van der Waals surface area contributed by atoms with Gasteiger partial charge in [-0.1, -0.05) is 48.9 Å². The van der Waals surface area contributed by atoms with E-state index in [2.05, 4.69) is 17.6 Å². The van der Waals surface area contributed by atoms with Gasteiger partial charge in [0.15, 0.2) is 5.78 Å². The Morgan fingerprint density at radius 1 is 1.14 bits per heavy atom.